The fraction of sp³-hybridized carbons (Fsp3) is 0.133. The number of aliphatic hydroxyl groups is 1. The van der Waals surface area contributed by atoms with E-state index in [0.29, 0.717) is 5.56 Å². The number of aliphatic hydroxyl groups excluding tert-OH is 1. The highest BCUT2D eigenvalue weighted by atomic mass is 16.3. The van der Waals surface area contributed by atoms with E-state index in [9.17, 15) is 20.1 Å². The lowest BCUT2D eigenvalue weighted by atomic mass is 9.99. The number of Topliss-reactive ketones (excluding diaryl/α,β-unsaturated/α-hetero) is 1. The summed E-state index contributed by atoms with van der Waals surface area (Å²) >= 11 is 0. The molecule has 0 spiro atoms. The summed E-state index contributed by atoms with van der Waals surface area (Å²) in [6.45, 7) is 0. The van der Waals surface area contributed by atoms with Crippen molar-refractivity contribution in [2.45, 2.75) is 12.5 Å². The molecule has 1 unspecified atom stereocenters. The predicted molar refractivity (Wildman–Crippen MR) is 70.1 cm³/mol. The lowest BCUT2D eigenvalue weighted by Gasteiger charge is -2.12. The van der Waals surface area contributed by atoms with E-state index in [0.717, 1.165) is 0 Å². The van der Waals surface area contributed by atoms with Crippen LogP contribution in [0.4, 0.5) is 0 Å². The zero-order valence-corrected chi connectivity index (χ0v) is 10.2. The smallest absolute Gasteiger partial charge is 0.165 e. The number of carbonyl (C=O) groups excluding carboxylic acids is 1. The van der Waals surface area contributed by atoms with Gasteiger partial charge in [-0.2, -0.15) is 0 Å². The van der Waals surface area contributed by atoms with E-state index >= 15 is 0 Å². The van der Waals surface area contributed by atoms with Crippen LogP contribution in [0.1, 0.15) is 28.4 Å². The van der Waals surface area contributed by atoms with Crippen LogP contribution < -0.4 is 0 Å². The van der Waals surface area contributed by atoms with Crippen molar-refractivity contribution in [1.29, 1.82) is 0 Å². The summed E-state index contributed by atoms with van der Waals surface area (Å²) in [4.78, 5) is 11.9. The number of hydrogen-bond acceptors (Lipinski definition) is 4. The number of benzene rings is 2. The molecule has 2 aromatic carbocycles. The molecule has 0 saturated heterocycles. The fourth-order valence-corrected chi connectivity index (χ4v) is 1.84. The summed E-state index contributed by atoms with van der Waals surface area (Å²) in [7, 11) is 0. The lowest BCUT2D eigenvalue weighted by molar-refractivity contribution is 0.0877. The topological polar surface area (TPSA) is 77.8 Å². The fourth-order valence-electron chi connectivity index (χ4n) is 1.84. The molecule has 0 aliphatic rings. The minimum absolute atomic E-state index is 0.0704. The number of ketones is 1. The average molecular weight is 258 g/mol. The molecule has 0 saturated carbocycles. The van der Waals surface area contributed by atoms with Crippen molar-refractivity contribution in [3.05, 3.63) is 59.7 Å². The van der Waals surface area contributed by atoms with Gasteiger partial charge in [0.05, 0.1) is 6.10 Å². The van der Waals surface area contributed by atoms with Crippen molar-refractivity contribution in [1.82, 2.24) is 0 Å². The van der Waals surface area contributed by atoms with Crippen LogP contribution in [0.3, 0.4) is 0 Å². The zero-order chi connectivity index (χ0) is 13.8. The largest absolute Gasteiger partial charge is 0.508 e. The second-order valence-electron chi connectivity index (χ2n) is 4.25. The van der Waals surface area contributed by atoms with Gasteiger partial charge >= 0.3 is 0 Å². The quantitative estimate of drug-likeness (QED) is 0.581. The minimum Gasteiger partial charge on any atom is -0.508 e. The molecular weight excluding hydrogens is 244 g/mol. The van der Waals surface area contributed by atoms with Gasteiger partial charge in [-0.15, -0.1) is 0 Å². The molecular formula is C15H14O4. The van der Waals surface area contributed by atoms with Gasteiger partial charge in [0.15, 0.2) is 5.78 Å². The van der Waals surface area contributed by atoms with Crippen molar-refractivity contribution in [3.8, 4) is 11.5 Å². The van der Waals surface area contributed by atoms with Gasteiger partial charge in [-0.25, -0.2) is 0 Å². The molecule has 0 aliphatic carbocycles. The van der Waals surface area contributed by atoms with E-state index in [4.69, 9.17) is 0 Å². The molecule has 1 atom stereocenters. The van der Waals surface area contributed by atoms with Crippen LogP contribution in [0.25, 0.3) is 0 Å². The van der Waals surface area contributed by atoms with Crippen molar-refractivity contribution in [3.63, 3.8) is 0 Å². The second-order valence-corrected chi connectivity index (χ2v) is 4.25. The molecule has 3 N–H and O–H groups in total. The normalized spacial score (nSPS) is 12.1. The van der Waals surface area contributed by atoms with Crippen LogP contribution in [0.5, 0.6) is 11.5 Å². The van der Waals surface area contributed by atoms with Crippen LogP contribution >= 0.6 is 0 Å². The molecule has 0 aliphatic heterocycles. The van der Waals surface area contributed by atoms with Gasteiger partial charge < -0.3 is 15.3 Å². The van der Waals surface area contributed by atoms with Gasteiger partial charge in [0.2, 0.25) is 0 Å². The Bertz CT molecular complexity index is 578. The first-order valence-corrected chi connectivity index (χ1v) is 5.86. The maximum atomic E-state index is 11.9. The number of hydrogen-bond donors (Lipinski definition) is 3. The summed E-state index contributed by atoms with van der Waals surface area (Å²) in [5.74, 6) is -0.444. The van der Waals surface area contributed by atoms with Crippen molar-refractivity contribution in [2.24, 2.45) is 0 Å². The van der Waals surface area contributed by atoms with E-state index in [1.54, 1.807) is 30.3 Å². The first-order chi connectivity index (χ1) is 9.08. The van der Waals surface area contributed by atoms with E-state index in [-0.39, 0.29) is 29.3 Å². The first-order valence-electron chi connectivity index (χ1n) is 5.86. The van der Waals surface area contributed by atoms with Crippen LogP contribution in [0, 0.1) is 0 Å². The van der Waals surface area contributed by atoms with E-state index < -0.39 is 6.10 Å². The molecule has 4 heteroatoms. The molecule has 0 radical (unpaired) electrons. The summed E-state index contributed by atoms with van der Waals surface area (Å²) in [6, 6.07) is 12.4. The van der Waals surface area contributed by atoms with Gasteiger partial charge in [-0.3, -0.25) is 4.79 Å². The Morgan fingerprint density at radius 2 is 1.74 bits per heavy atom. The molecule has 2 rings (SSSR count). The molecule has 0 heterocycles. The summed E-state index contributed by atoms with van der Waals surface area (Å²) in [6.07, 6.45) is -1.30. The summed E-state index contributed by atoms with van der Waals surface area (Å²) in [5.41, 5.74) is 0.644. The Labute approximate surface area is 110 Å². The Morgan fingerprint density at radius 1 is 1.05 bits per heavy atom. The number of rotatable bonds is 4. The average Bonchev–Trinajstić information content (AvgIpc) is 2.42. The SMILES string of the molecule is O=C(CC(O)c1cc(O)ccc1O)c1ccccc1. The number of aromatic hydroxyl groups is 2. The van der Waals surface area contributed by atoms with Gasteiger partial charge in [0.25, 0.3) is 0 Å². The van der Waals surface area contributed by atoms with Crippen LogP contribution in [0.15, 0.2) is 48.5 Å². The Morgan fingerprint density at radius 3 is 2.42 bits per heavy atom. The van der Waals surface area contributed by atoms with E-state index in [1.807, 2.05) is 0 Å². The number of phenolic OH excluding ortho intramolecular Hbond substituents is 2. The highest BCUT2D eigenvalue weighted by molar-refractivity contribution is 5.96. The first kappa shape index (κ1) is 13.1. The number of carbonyl (C=O) groups is 1. The van der Waals surface area contributed by atoms with E-state index in [1.165, 1.54) is 18.2 Å². The third-order valence-corrected chi connectivity index (χ3v) is 2.84. The monoisotopic (exact) mass is 258 g/mol. The Kier molecular flexibility index (Phi) is 3.82. The highest BCUT2D eigenvalue weighted by Gasteiger charge is 2.17. The van der Waals surface area contributed by atoms with Gasteiger partial charge in [-0.05, 0) is 18.2 Å². The van der Waals surface area contributed by atoms with Crippen LogP contribution in [-0.2, 0) is 0 Å². The Balaban J connectivity index is 2.15. The molecule has 2 aromatic rings. The standard InChI is InChI=1S/C15H14O4/c16-11-6-7-13(17)12(8-11)15(19)9-14(18)10-4-2-1-3-5-10/h1-8,15-17,19H,9H2. The highest BCUT2D eigenvalue weighted by Crippen LogP contribution is 2.30. The minimum atomic E-state index is -1.15. The van der Waals surface area contributed by atoms with Gasteiger partial charge in [0, 0.05) is 17.5 Å². The van der Waals surface area contributed by atoms with Gasteiger partial charge in [0.1, 0.15) is 11.5 Å². The maximum absolute atomic E-state index is 11.9. The third kappa shape index (κ3) is 3.11. The predicted octanol–water partition coefficient (Wildman–Crippen LogP) is 2.40. The summed E-state index contributed by atoms with van der Waals surface area (Å²) in [5, 5.41) is 28.9. The van der Waals surface area contributed by atoms with Crippen molar-refractivity contribution >= 4 is 5.78 Å². The molecule has 0 aromatic heterocycles. The molecule has 4 nitrogen and oxygen atoms in total. The summed E-state index contributed by atoms with van der Waals surface area (Å²) < 4.78 is 0. The molecule has 19 heavy (non-hydrogen) atoms. The zero-order valence-electron chi connectivity index (χ0n) is 10.2. The Hall–Kier alpha value is -2.33. The third-order valence-electron chi connectivity index (χ3n) is 2.84. The van der Waals surface area contributed by atoms with E-state index in [2.05, 4.69) is 0 Å². The maximum Gasteiger partial charge on any atom is 0.165 e. The van der Waals surface area contributed by atoms with Crippen molar-refractivity contribution < 1.29 is 20.1 Å². The van der Waals surface area contributed by atoms with Crippen LogP contribution in [0.2, 0.25) is 0 Å². The molecule has 0 amide bonds. The molecule has 98 valence electrons. The molecule has 0 fully saturated rings. The lowest BCUT2D eigenvalue weighted by Crippen LogP contribution is -2.07. The van der Waals surface area contributed by atoms with Gasteiger partial charge in [-0.1, -0.05) is 30.3 Å². The van der Waals surface area contributed by atoms with Crippen molar-refractivity contribution in [2.75, 3.05) is 0 Å². The number of phenols is 2. The second kappa shape index (κ2) is 5.54. The molecule has 0 bridgehead atoms. The van der Waals surface area contributed by atoms with Crippen LogP contribution in [-0.4, -0.2) is 21.1 Å².